The van der Waals surface area contributed by atoms with Crippen LogP contribution in [0.2, 0.25) is 0 Å². The third-order valence-corrected chi connectivity index (χ3v) is 6.39. The summed E-state index contributed by atoms with van der Waals surface area (Å²) in [5, 5.41) is 8.96. The maximum atomic E-state index is 12.7. The van der Waals surface area contributed by atoms with Crippen molar-refractivity contribution < 1.29 is 9.59 Å². The molecule has 31 heavy (non-hydrogen) atoms. The number of amides is 2. The van der Waals surface area contributed by atoms with E-state index in [1.165, 1.54) is 5.56 Å². The van der Waals surface area contributed by atoms with Crippen LogP contribution in [0.4, 0.5) is 11.5 Å². The molecule has 0 bridgehead atoms. The third kappa shape index (κ3) is 4.59. The molecule has 1 aromatic carbocycles. The van der Waals surface area contributed by atoms with Gasteiger partial charge in [-0.15, -0.1) is 11.3 Å². The zero-order valence-corrected chi connectivity index (χ0v) is 17.8. The van der Waals surface area contributed by atoms with Crippen LogP contribution in [0.15, 0.2) is 48.0 Å². The van der Waals surface area contributed by atoms with Crippen molar-refractivity contribution in [2.45, 2.75) is 25.8 Å². The van der Waals surface area contributed by atoms with Crippen molar-refractivity contribution in [1.29, 1.82) is 0 Å². The Morgan fingerprint density at radius 2 is 2.10 bits per heavy atom. The molecular formula is C23H23N5O2S. The van der Waals surface area contributed by atoms with E-state index in [2.05, 4.69) is 32.7 Å². The molecule has 3 aromatic rings. The van der Waals surface area contributed by atoms with Gasteiger partial charge in [-0.1, -0.05) is 30.3 Å². The van der Waals surface area contributed by atoms with Gasteiger partial charge in [0.25, 0.3) is 5.91 Å². The van der Waals surface area contributed by atoms with Gasteiger partial charge in [0.1, 0.15) is 5.82 Å². The Balaban J connectivity index is 1.24. The van der Waals surface area contributed by atoms with Crippen LogP contribution < -0.4 is 15.5 Å². The van der Waals surface area contributed by atoms with Crippen LogP contribution in [0, 0.1) is 5.92 Å². The average molecular weight is 434 g/mol. The smallest absolute Gasteiger partial charge is 0.253 e. The number of fused-ring (bicyclic) bond motifs is 1. The van der Waals surface area contributed by atoms with Crippen LogP contribution in [-0.2, 0) is 17.8 Å². The maximum Gasteiger partial charge on any atom is 0.253 e. The number of carbonyl (C=O) groups excluding carboxylic acids is 2. The van der Waals surface area contributed by atoms with E-state index in [1.54, 1.807) is 28.5 Å². The number of anilines is 2. The Kier molecular flexibility index (Phi) is 5.38. The average Bonchev–Trinajstić information content (AvgIpc) is 3.51. The van der Waals surface area contributed by atoms with Crippen molar-refractivity contribution in [3.05, 3.63) is 69.8 Å². The number of pyridine rings is 1. The lowest BCUT2D eigenvalue weighted by molar-refractivity contribution is -0.117. The zero-order valence-electron chi connectivity index (χ0n) is 17.0. The second kappa shape index (κ2) is 8.47. The first-order valence-electron chi connectivity index (χ1n) is 10.5. The van der Waals surface area contributed by atoms with Gasteiger partial charge in [-0.05, 0) is 30.4 Å². The number of hydrogen-bond acceptors (Lipinski definition) is 6. The minimum atomic E-state index is -0.225. The highest BCUT2D eigenvalue weighted by molar-refractivity contribution is 7.09. The second-order valence-electron chi connectivity index (χ2n) is 7.97. The molecule has 3 heterocycles. The molecule has 1 aliphatic carbocycles. The largest absolute Gasteiger partial charge is 0.359 e. The Morgan fingerprint density at radius 3 is 2.90 bits per heavy atom. The fourth-order valence-electron chi connectivity index (χ4n) is 3.62. The van der Waals surface area contributed by atoms with E-state index in [-0.39, 0.29) is 18.4 Å². The Morgan fingerprint density at radius 1 is 1.26 bits per heavy atom. The Hall–Kier alpha value is -3.26. The van der Waals surface area contributed by atoms with Crippen molar-refractivity contribution in [3.63, 3.8) is 0 Å². The van der Waals surface area contributed by atoms with Crippen molar-refractivity contribution in [1.82, 2.24) is 15.3 Å². The van der Waals surface area contributed by atoms with E-state index in [1.807, 2.05) is 23.6 Å². The van der Waals surface area contributed by atoms with Gasteiger partial charge in [0.15, 0.2) is 0 Å². The number of nitrogens with one attached hydrogen (secondary N) is 2. The van der Waals surface area contributed by atoms with E-state index in [0.29, 0.717) is 36.1 Å². The number of aromatic nitrogens is 2. The lowest BCUT2D eigenvalue weighted by atomic mass is 10.1. The van der Waals surface area contributed by atoms with Crippen LogP contribution in [0.3, 0.4) is 0 Å². The first kappa shape index (κ1) is 19.7. The number of hydrogen-bond donors (Lipinski definition) is 2. The highest BCUT2D eigenvalue weighted by Gasteiger charge is 2.32. The molecule has 2 N–H and O–H groups in total. The normalized spacial score (nSPS) is 15.4. The van der Waals surface area contributed by atoms with Gasteiger partial charge < -0.3 is 15.5 Å². The molecule has 5 rings (SSSR count). The fraction of sp³-hybridized carbons (Fsp3) is 0.304. The van der Waals surface area contributed by atoms with Crippen molar-refractivity contribution >= 4 is 34.7 Å². The van der Waals surface area contributed by atoms with Crippen molar-refractivity contribution in [2.75, 3.05) is 23.3 Å². The minimum absolute atomic E-state index is 0.0205. The van der Waals surface area contributed by atoms with Gasteiger partial charge in [-0.25, -0.2) is 9.97 Å². The summed E-state index contributed by atoms with van der Waals surface area (Å²) in [6.45, 7) is 1.29. The fourth-order valence-corrected chi connectivity index (χ4v) is 4.45. The van der Waals surface area contributed by atoms with E-state index in [9.17, 15) is 9.59 Å². The summed E-state index contributed by atoms with van der Waals surface area (Å²) in [4.78, 5) is 35.9. The van der Waals surface area contributed by atoms with Crippen LogP contribution >= 0.6 is 11.3 Å². The first-order valence-corrected chi connectivity index (χ1v) is 11.3. The molecular weight excluding hydrogens is 410 g/mol. The molecule has 0 atom stereocenters. The third-order valence-electron chi connectivity index (χ3n) is 5.49. The van der Waals surface area contributed by atoms with Gasteiger partial charge in [0.2, 0.25) is 5.91 Å². The summed E-state index contributed by atoms with van der Waals surface area (Å²) in [5.41, 5.74) is 3.18. The quantitative estimate of drug-likeness (QED) is 0.597. The van der Waals surface area contributed by atoms with Crippen molar-refractivity contribution in [2.24, 2.45) is 5.92 Å². The molecule has 2 aromatic heterocycles. The summed E-state index contributed by atoms with van der Waals surface area (Å²) in [7, 11) is 0. The van der Waals surface area contributed by atoms with E-state index in [4.69, 9.17) is 0 Å². The number of thiazole rings is 1. The molecule has 1 fully saturated rings. The number of benzene rings is 1. The molecule has 0 unspecified atom stereocenters. The monoisotopic (exact) mass is 433 g/mol. The van der Waals surface area contributed by atoms with Crippen LogP contribution in [0.25, 0.3) is 0 Å². The lowest BCUT2D eigenvalue weighted by Gasteiger charge is -2.29. The topological polar surface area (TPSA) is 87.2 Å². The predicted octanol–water partition coefficient (Wildman–Crippen LogP) is 3.23. The molecule has 158 valence electrons. The molecule has 0 saturated heterocycles. The lowest BCUT2D eigenvalue weighted by Crippen LogP contribution is -2.41. The number of rotatable bonds is 7. The van der Waals surface area contributed by atoms with Gasteiger partial charge in [0, 0.05) is 24.5 Å². The summed E-state index contributed by atoms with van der Waals surface area (Å²) in [6.07, 6.45) is 4.64. The highest BCUT2D eigenvalue weighted by Crippen LogP contribution is 2.35. The summed E-state index contributed by atoms with van der Waals surface area (Å²) in [5.74, 6) is 1.01. The molecule has 1 saturated carbocycles. The predicted molar refractivity (Wildman–Crippen MR) is 120 cm³/mol. The minimum Gasteiger partial charge on any atom is -0.359 e. The Labute approximate surface area is 184 Å². The van der Waals surface area contributed by atoms with Gasteiger partial charge >= 0.3 is 0 Å². The van der Waals surface area contributed by atoms with Gasteiger partial charge in [-0.2, -0.15) is 0 Å². The van der Waals surface area contributed by atoms with E-state index < -0.39 is 0 Å². The molecule has 0 radical (unpaired) electrons. The molecule has 2 amide bonds. The van der Waals surface area contributed by atoms with Gasteiger partial charge in [0.05, 0.1) is 35.0 Å². The molecule has 1 aliphatic heterocycles. The second-order valence-corrected chi connectivity index (χ2v) is 8.91. The molecule has 0 spiro atoms. The van der Waals surface area contributed by atoms with E-state index >= 15 is 0 Å². The molecule has 7 nitrogen and oxygen atoms in total. The first-order chi connectivity index (χ1) is 15.2. The zero-order chi connectivity index (χ0) is 21.2. The summed E-state index contributed by atoms with van der Waals surface area (Å²) < 4.78 is 0. The van der Waals surface area contributed by atoms with E-state index in [0.717, 1.165) is 30.0 Å². The number of carbonyl (C=O) groups is 2. The molecule has 2 aliphatic rings. The SMILES string of the molecule is O=C(NCc1csc(Cc2ccccc2)n1)c1cnc2c(c1)N(CC1CC1)C(=O)CN2. The van der Waals surface area contributed by atoms with Crippen LogP contribution in [0.5, 0.6) is 0 Å². The summed E-state index contributed by atoms with van der Waals surface area (Å²) >= 11 is 1.60. The van der Waals surface area contributed by atoms with Crippen LogP contribution in [-0.4, -0.2) is 34.9 Å². The van der Waals surface area contributed by atoms with Gasteiger partial charge in [-0.3, -0.25) is 9.59 Å². The van der Waals surface area contributed by atoms with Crippen LogP contribution in [0.1, 0.15) is 39.5 Å². The standard InChI is InChI=1S/C23H23N5O2S/c29-21-12-25-22-19(28(21)13-16-6-7-16)9-17(10-24-22)23(30)26-11-18-14-31-20(27-18)8-15-4-2-1-3-5-15/h1-5,9-10,14,16H,6-8,11-13H2,(H,24,25)(H,26,30). The number of nitrogens with zero attached hydrogens (tertiary/aromatic N) is 3. The Bertz CT molecular complexity index is 1110. The maximum absolute atomic E-state index is 12.7. The van der Waals surface area contributed by atoms with Crippen molar-refractivity contribution in [3.8, 4) is 0 Å². The summed E-state index contributed by atoms with van der Waals surface area (Å²) in [6, 6.07) is 12.0. The highest BCUT2D eigenvalue weighted by atomic mass is 32.1. The molecule has 8 heteroatoms.